The van der Waals surface area contributed by atoms with Gasteiger partial charge >= 0.3 is 0 Å². The molecule has 14 heavy (non-hydrogen) atoms. The van der Waals surface area contributed by atoms with E-state index in [0.717, 1.165) is 0 Å². The standard InChI is InChI=1S/C8H10F2N2O2/c1-13-4-3-5(14-2)12-8(11)6(4)7(9)10/h3,7H,1-2H3,(H2,11,12). The third-order valence-corrected chi connectivity index (χ3v) is 1.67. The average molecular weight is 204 g/mol. The number of anilines is 1. The SMILES string of the molecule is COc1cc(OC)c(C(F)F)c(N)n1. The van der Waals surface area contributed by atoms with E-state index in [1.54, 1.807) is 0 Å². The van der Waals surface area contributed by atoms with Gasteiger partial charge in [0.1, 0.15) is 17.1 Å². The largest absolute Gasteiger partial charge is 0.496 e. The summed E-state index contributed by atoms with van der Waals surface area (Å²) in [4.78, 5) is 3.62. The molecule has 0 bridgehead atoms. The molecule has 0 aromatic carbocycles. The Morgan fingerprint density at radius 1 is 1.36 bits per heavy atom. The normalized spacial score (nSPS) is 10.4. The van der Waals surface area contributed by atoms with Gasteiger partial charge in [-0.1, -0.05) is 0 Å². The molecule has 2 N–H and O–H groups in total. The molecule has 0 atom stereocenters. The van der Waals surface area contributed by atoms with E-state index < -0.39 is 12.0 Å². The summed E-state index contributed by atoms with van der Waals surface area (Å²) in [7, 11) is 2.64. The molecule has 0 unspecified atom stereocenters. The second-order valence-electron chi connectivity index (χ2n) is 2.47. The molecule has 1 rings (SSSR count). The van der Waals surface area contributed by atoms with Gasteiger partial charge in [-0.3, -0.25) is 0 Å². The van der Waals surface area contributed by atoms with E-state index in [-0.39, 0.29) is 17.4 Å². The fraction of sp³-hybridized carbons (Fsp3) is 0.375. The van der Waals surface area contributed by atoms with Crippen molar-refractivity contribution in [3.63, 3.8) is 0 Å². The molecule has 0 aliphatic heterocycles. The summed E-state index contributed by atoms with van der Waals surface area (Å²) in [6.07, 6.45) is -2.72. The van der Waals surface area contributed by atoms with Crippen molar-refractivity contribution in [2.45, 2.75) is 6.43 Å². The van der Waals surface area contributed by atoms with Gasteiger partial charge in [-0.05, 0) is 0 Å². The van der Waals surface area contributed by atoms with Crippen LogP contribution in [0.25, 0.3) is 0 Å². The minimum atomic E-state index is -2.72. The molecule has 0 spiro atoms. The molecule has 1 aromatic heterocycles. The predicted octanol–water partition coefficient (Wildman–Crippen LogP) is 1.62. The van der Waals surface area contributed by atoms with Crippen molar-refractivity contribution >= 4 is 5.82 Å². The van der Waals surface area contributed by atoms with Gasteiger partial charge in [-0.15, -0.1) is 0 Å². The number of ether oxygens (including phenoxy) is 2. The second-order valence-corrected chi connectivity index (χ2v) is 2.47. The zero-order valence-electron chi connectivity index (χ0n) is 7.75. The van der Waals surface area contributed by atoms with Crippen LogP contribution in [0.2, 0.25) is 0 Å². The molecule has 6 heteroatoms. The van der Waals surface area contributed by atoms with Crippen molar-refractivity contribution in [1.29, 1.82) is 0 Å². The zero-order chi connectivity index (χ0) is 10.7. The molecule has 0 aliphatic rings. The molecule has 1 aromatic rings. The smallest absolute Gasteiger partial charge is 0.270 e. The Kier molecular flexibility index (Phi) is 3.06. The van der Waals surface area contributed by atoms with Crippen LogP contribution >= 0.6 is 0 Å². The van der Waals surface area contributed by atoms with Crippen LogP contribution < -0.4 is 15.2 Å². The Morgan fingerprint density at radius 2 is 2.00 bits per heavy atom. The number of hydrogen-bond acceptors (Lipinski definition) is 4. The van der Waals surface area contributed by atoms with Crippen molar-refractivity contribution < 1.29 is 18.3 Å². The van der Waals surface area contributed by atoms with Crippen LogP contribution in [0.5, 0.6) is 11.6 Å². The number of rotatable bonds is 3. The number of nitrogen functional groups attached to an aromatic ring is 1. The lowest BCUT2D eigenvalue weighted by atomic mass is 10.2. The molecule has 78 valence electrons. The summed E-state index contributed by atoms with van der Waals surface area (Å²) in [6, 6.07) is 1.26. The Morgan fingerprint density at radius 3 is 2.43 bits per heavy atom. The van der Waals surface area contributed by atoms with E-state index in [1.165, 1.54) is 20.3 Å². The van der Waals surface area contributed by atoms with Crippen LogP contribution in [0.4, 0.5) is 14.6 Å². The van der Waals surface area contributed by atoms with Crippen LogP contribution in [0.15, 0.2) is 6.07 Å². The van der Waals surface area contributed by atoms with E-state index >= 15 is 0 Å². The first-order chi connectivity index (χ1) is 6.60. The Bertz CT molecular complexity index is 331. The highest BCUT2D eigenvalue weighted by Crippen LogP contribution is 2.34. The fourth-order valence-corrected chi connectivity index (χ4v) is 1.02. The van der Waals surface area contributed by atoms with Gasteiger partial charge in [0, 0.05) is 6.07 Å². The summed E-state index contributed by atoms with van der Waals surface area (Å²) in [5.74, 6) is -0.163. The lowest BCUT2D eigenvalue weighted by Gasteiger charge is -2.11. The van der Waals surface area contributed by atoms with E-state index in [4.69, 9.17) is 15.2 Å². The summed E-state index contributed by atoms with van der Waals surface area (Å²) >= 11 is 0. The Balaban J connectivity index is 3.27. The predicted molar refractivity (Wildman–Crippen MR) is 46.7 cm³/mol. The van der Waals surface area contributed by atoms with E-state index in [0.29, 0.717) is 0 Å². The number of aromatic nitrogens is 1. The molecule has 0 saturated carbocycles. The fourth-order valence-electron chi connectivity index (χ4n) is 1.02. The maximum absolute atomic E-state index is 12.5. The minimum Gasteiger partial charge on any atom is -0.496 e. The molecule has 4 nitrogen and oxygen atoms in total. The highest BCUT2D eigenvalue weighted by atomic mass is 19.3. The highest BCUT2D eigenvalue weighted by molar-refractivity contribution is 5.52. The van der Waals surface area contributed by atoms with E-state index in [2.05, 4.69) is 4.98 Å². The van der Waals surface area contributed by atoms with Crippen LogP contribution in [-0.4, -0.2) is 19.2 Å². The Labute approximate surface area is 79.6 Å². The third-order valence-electron chi connectivity index (χ3n) is 1.67. The quantitative estimate of drug-likeness (QED) is 0.812. The van der Waals surface area contributed by atoms with Gasteiger partial charge in [0.25, 0.3) is 6.43 Å². The van der Waals surface area contributed by atoms with Crippen LogP contribution in [0.3, 0.4) is 0 Å². The number of pyridine rings is 1. The van der Waals surface area contributed by atoms with Crippen molar-refractivity contribution in [3.8, 4) is 11.6 Å². The zero-order valence-corrected chi connectivity index (χ0v) is 7.75. The number of nitrogens with zero attached hydrogens (tertiary/aromatic N) is 1. The first kappa shape index (κ1) is 10.5. The average Bonchev–Trinajstić information content (AvgIpc) is 2.15. The number of halogens is 2. The highest BCUT2D eigenvalue weighted by Gasteiger charge is 2.20. The topological polar surface area (TPSA) is 57.4 Å². The van der Waals surface area contributed by atoms with Gasteiger partial charge < -0.3 is 15.2 Å². The van der Waals surface area contributed by atoms with Crippen LogP contribution in [0, 0.1) is 0 Å². The van der Waals surface area contributed by atoms with Gasteiger partial charge in [0.2, 0.25) is 5.88 Å². The molecule has 0 fully saturated rings. The summed E-state index contributed by atoms with van der Waals surface area (Å²) in [5, 5.41) is 0. The van der Waals surface area contributed by atoms with Gasteiger partial charge in [0.05, 0.1) is 14.2 Å². The van der Waals surface area contributed by atoms with Gasteiger partial charge in [-0.2, -0.15) is 4.98 Å². The molecule has 0 amide bonds. The first-order valence-electron chi connectivity index (χ1n) is 3.76. The van der Waals surface area contributed by atoms with Gasteiger partial charge in [0.15, 0.2) is 0 Å². The lowest BCUT2D eigenvalue weighted by Crippen LogP contribution is -2.03. The maximum Gasteiger partial charge on any atom is 0.270 e. The molecular weight excluding hydrogens is 194 g/mol. The molecule has 0 radical (unpaired) electrons. The summed E-state index contributed by atoms with van der Waals surface area (Å²) in [5.41, 5.74) is 4.91. The molecule has 0 saturated heterocycles. The van der Waals surface area contributed by atoms with Crippen LogP contribution in [-0.2, 0) is 0 Å². The molecular formula is C8H10F2N2O2. The molecule has 0 aliphatic carbocycles. The van der Waals surface area contributed by atoms with Gasteiger partial charge in [-0.25, -0.2) is 8.78 Å². The summed E-state index contributed by atoms with van der Waals surface area (Å²) in [6.45, 7) is 0. The van der Waals surface area contributed by atoms with Crippen molar-refractivity contribution in [2.24, 2.45) is 0 Å². The molecule has 1 heterocycles. The minimum absolute atomic E-state index is 0.0237. The number of alkyl halides is 2. The summed E-state index contributed by atoms with van der Waals surface area (Å²) < 4.78 is 34.4. The Hall–Kier alpha value is -1.59. The van der Waals surface area contributed by atoms with Crippen LogP contribution in [0.1, 0.15) is 12.0 Å². The monoisotopic (exact) mass is 204 g/mol. The first-order valence-corrected chi connectivity index (χ1v) is 3.76. The number of methoxy groups -OCH3 is 2. The second kappa shape index (κ2) is 4.08. The lowest BCUT2D eigenvalue weighted by molar-refractivity contribution is 0.147. The van der Waals surface area contributed by atoms with E-state index in [1.807, 2.05) is 0 Å². The number of hydrogen-bond donors (Lipinski definition) is 1. The van der Waals surface area contributed by atoms with Crippen molar-refractivity contribution in [2.75, 3.05) is 20.0 Å². The number of nitrogens with two attached hydrogens (primary N) is 1. The van der Waals surface area contributed by atoms with Crippen molar-refractivity contribution in [1.82, 2.24) is 4.98 Å². The maximum atomic E-state index is 12.5. The van der Waals surface area contributed by atoms with Crippen molar-refractivity contribution in [3.05, 3.63) is 11.6 Å². The van der Waals surface area contributed by atoms with E-state index in [9.17, 15) is 8.78 Å². The third kappa shape index (κ3) is 1.84.